The lowest BCUT2D eigenvalue weighted by Crippen LogP contribution is -2.36. The molecular formula is C23H27N5O. The molecule has 0 spiro atoms. The number of rotatable bonds is 6. The zero-order valence-electron chi connectivity index (χ0n) is 16.8. The van der Waals surface area contributed by atoms with E-state index in [-0.39, 0.29) is 5.91 Å². The van der Waals surface area contributed by atoms with E-state index in [4.69, 9.17) is 0 Å². The maximum absolute atomic E-state index is 12.9. The van der Waals surface area contributed by atoms with Crippen molar-refractivity contribution in [1.29, 1.82) is 0 Å². The summed E-state index contributed by atoms with van der Waals surface area (Å²) in [6.45, 7) is 5.09. The Kier molecular flexibility index (Phi) is 5.89. The van der Waals surface area contributed by atoms with Gasteiger partial charge in [-0.15, -0.1) is 0 Å². The molecule has 0 unspecified atom stereocenters. The predicted molar refractivity (Wildman–Crippen MR) is 114 cm³/mol. The molecular weight excluding hydrogens is 362 g/mol. The lowest BCUT2D eigenvalue weighted by atomic mass is 10.1. The molecule has 0 aliphatic carbocycles. The number of likely N-dealkylation sites (tertiary alicyclic amines) is 1. The molecule has 2 aromatic heterocycles. The van der Waals surface area contributed by atoms with Gasteiger partial charge in [-0.05, 0) is 49.4 Å². The second-order valence-corrected chi connectivity index (χ2v) is 7.53. The van der Waals surface area contributed by atoms with E-state index in [1.807, 2.05) is 36.4 Å². The zero-order chi connectivity index (χ0) is 20.1. The number of anilines is 1. The second-order valence-electron chi connectivity index (χ2n) is 7.53. The van der Waals surface area contributed by atoms with Crippen LogP contribution in [0.3, 0.4) is 0 Å². The van der Waals surface area contributed by atoms with Crippen LogP contribution in [-0.2, 0) is 13.1 Å². The van der Waals surface area contributed by atoms with E-state index in [0.29, 0.717) is 17.9 Å². The molecule has 1 saturated heterocycles. The van der Waals surface area contributed by atoms with Gasteiger partial charge in [0.05, 0.1) is 5.56 Å². The number of aryl methyl sites for hydroxylation is 1. The van der Waals surface area contributed by atoms with Gasteiger partial charge in [0.2, 0.25) is 0 Å². The first kappa shape index (κ1) is 19.2. The van der Waals surface area contributed by atoms with E-state index in [1.165, 1.54) is 12.0 Å². The first-order chi connectivity index (χ1) is 14.2. The number of carbonyl (C=O) groups is 1. The summed E-state index contributed by atoms with van der Waals surface area (Å²) in [5, 5.41) is 3.37. The summed E-state index contributed by atoms with van der Waals surface area (Å²) >= 11 is 0. The summed E-state index contributed by atoms with van der Waals surface area (Å²) in [6, 6.07) is 12.2. The average Bonchev–Trinajstić information content (AvgIpc) is 3.17. The highest BCUT2D eigenvalue weighted by atomic mass is 16.2. The first-order valence-corrected chi connectivity index (χ1v) is 10.2. The third-order valence-electron chi connectivity index (χ3n) is 5.41. The number of imidazole rings is 1. The summed E-state index contributed by atoms with van der Waals surface area (Å²) in [7, 11) is 0. The molecule has 1 amide bonds. The fourth-order valence-electron chi connectivity index (χ4n) is 3.78. The van der Waals surface area contributed by atoms with Gasteiger partial charge in [0.15, 0.2) is 0 Å². The Balaban J connectivity index is 1.45. The molecule has 0 radical (unpaired) electrons. The minimum absolute atomic E-state index is 0.0737. The number of nitrogens with one attached hydrogen (secondary N) is 1. The van der Waals surface area contributed by atoms with E-state index >= 15 is 0 Å². The van der Waals surface area contributed by atoms with Crippen LogP contribution >= 0.6 is 0 Å². The monoisotopic (exact) mass is 389 g/mol. The van der Waals surface area contributed by atoms with Crippen molar-refractivity contribution in [1.82, 2.24) is 19.4 Å². The van der Waals surface area contributed by atoms with Crippen LogP contribution in [0.5, 0.6) is 0 Å². The van der Waals surface area contributed by atoms with Gasteiger partial charge in [0, 0.05) is 44.8 Å². The van der Waals surface area contributed by atoms with Crippen LogP contribution in [0.15, 0.2) is 55.0 Å². The maximum atomic E-state index is 12.9. The van der Waals surface area contributed by atoms with Crippen LogP contribution in [0.1, 0.15) is 46.6 Å². The van der Waals surface area contributed by atoms with Crippen molar-refractivity contribution in [3.63, 3.8) is 0 Å². The number of nitrogens with zero attached hydrogens (tertiary/aromatic N) is 4. The summed E-state index contributed by atoms with van der Waals surface area (Å²) in [4.78, 5) is 23.6. The van der Waals surface area contributed by atoms with E-state index in [2.05, 4.69) is 44.1 Å². The quantitative estimate of drug-likeness (QED) is 0.695. The topological polar surface area (TPSA) is 63.1 Å². The average molecular weight is 390 g/mol. The molecule has 1 fully saturated rings. The van der Waals surface area contributed by atoms with Crippen molar-refractivity contribution in [3.8, 4) is 0 Å². The Morgan fingerprint density at radius 3 is 2.66 bits per heavy atom. The maximum Gasteiger partial charge on any atom is 0.257 e. The SMILES string of the molecule is Cc1nccn1Cc1cccc(CNc2ncccc2C(=O)N2CCCCC2)c1. The van der Waals surface area contributed by atoms with Crippen molar-refractivity contribution in [3.05, 3.63) is 77.5 Å². The lowest BCUT2D eigenvalue weighted by Gasteiger charge is -2.27. The number of carbonyl (C=O) groups excluding carboxylic acids is 1. The molecule has 3 aromatic rings. The van der Waals surface area contributed by atoms with E-state index < -0.39 is 0 Å². The molecule has 150 valence electrons. The van der Waals surface area contributed by atoms with Gasteiger partial charge in [-0.2, -0.15) is 0 Å². The van der Waals surface area contributed by atoms with E-state index in [1.54, 1.807) is 6.20 Å². The first-order valence-electron chi connectivity index (χ1n) is 10.2. The Bertz CT molecular complexity index is 975. The number of piperidine rings is 1. The highest BCUT2D eigenvalue weighted by Crippen LogP contribution is 2.19. The normalized spacial score (nSPS) is 14.0. The fraction of sp³-hybridized carbons (Fsp3) is 0.348. The smallest absolute Gasteiger partial charge is 0.257 e. The summed E-state index contributed by atoms with van der Waals surface area (Å²) in [5.41, 5.74) is 3.03. The standard InChI is InChI=1S/C23H27N5O/c1-18-24-11-14-28(18)17-20-8-5-7-19(15-20)16-26-22-21(9-6-10-25-22)23(29)27-12-3-2-4-13-27/h5-11,14-15H,2-4,12-13,16-17H2,1H3,(H,25,26). The molecule has 0 bridgehead atoms. The van der Waals surface area contributed by atoms with Gasteiger partial charge < -0.3 is 14.8 Å². The van der Waals surface area contributed by atoms with Crippen molar-refractivity contribution >= 4 is 11.7 Å². The molecule has 6 heteroatoms. The van der Waals surface area contributed by atoms with Crippen molar-refractivity contribution in [2.24, 2.45) is 0 Å². The largest absolute Gasteiger partial charge is 0.365 e. The number of hydrogen-bond acceptors (Lipinski definition) is 4. The van der Waals surface area contributed by atoms with Crippen LogP contribution in [0.4, 0.5) is 5.82 Å². The van der Waals surface area contributed by atoms with Crippen LogP contribution < -0.4 is 5.32 Å². The highest BCUT2D eigenvalue weighted by Gasteiger charge is 2.21. The summed E-state index contributed by atoms with van der Waals surface area (Å²) < 4.78 is 2.13. The van der Waals surface area contributed by atoms with Crippen molar-refractivity contribution < 1.29 is 4.79 Å². The van der Waals surface area contributed by atoms with Crippen LogP contribution in [-0.4, -0.2) is 38.4 Å². The number of hydrogen-bond donors (Lipinski definition) is 1. The van der Waals surface area contributed by atoms with E-state index in [0.717, 1.165) is 43.9 Å². The molecule has 6 nitrogen and oxygen atoms in total. The Morgan fingerprint density at radius 2 is 1.86 bits per heavy atom. The van der Waals surface area contributed by atoms with Gasteiger partial charge in [0.1, 0.15) is 11.6 Å². The van der Waals surface area contributed by atoms with Crippen LogP contribution in [0, 0.1) is 6.92 Å². The molecule has 0 saturated carbocycles. The molecule has 1 aliphatic heterocycles. The number of pyridine rings is 1. The van der Waals surface area contributed by atoms with Gasteiger partial charge in [-0.3, -0.25) is 4.79 Å². The number of aromatic nitrogens is 3. The van der Waals surface area contributed by atoms with Gasteiger partial charge >= 0.3 is 0 Å². The third-order valence-corrected chi connectivity index (χ3v) is 5.41. The minimum atomic E-state index is 0.0737. The van der Waals surface area contributed by atoms with Crippen molar-refractivity contribution in [2.75, 3.05) is 18.4 Å². The Hall–Kier alpha value is -3.15. The molecule has 0 atom stereocenters. The number of benzene rings is 1. The fourth-order valence-corrected chi connectivity index (χ4v) is 3.78. The Labute approximate surface area is 171 Å². The van der Waals surface area contributed by atoms with Gasteiger partial charge in [-0.1, -0.05) is 24.3 Å². The lowest BCUT2D eigenvalue weighted by molar-refractivity contribution is 0.0725. The molecule has 3 heterocycles. The highest BCUT2D eigenvalue weighted by molar-refractivity contribution is 5.98. The van der Waals surface area contributed by atoms with Gasteiger partial charge in [0.25, 0.3) is 5.91 Å². The molecule has 1 aromatic carbocycles. The second kappa shape index (κ2) is 8.90. The molecule has 4 rings (SSSR count). The third kappa shape index (κ3) is 4.65. The van der Waals surface area contributed by atoms with Crippen LogP contribution in [0.2, 0.25) is 0 Å². The molecule has 1 aliphatic rings. The van der Waals surface area contributed by atoms with Gasteiger partial charge in [-0.25, -0.2) is 9.97 Å². The number of amides is 1. The predicted octanol–water partition coefficient (Wildman–Crippen LogP) is 3.87. The molecule has 29 heavy (non-hydrogen) atoms. The van der Waals surface area contributed by atoms with Crippen molar-refractivity contribution in [2.45, 2.75) is 39.3 Å². The van der Waals surface area contributed by atoms with E-state index in [9.17, 15) is 4.79 Å². The minimum Gasteiger partial charge on any atom is -0.365 e. The zero-order valence-corrected chi connectivity index (χ0v) is 16.8. The molecule has 1 N–H and O–H groups in total. The van der Waals surface area contributed by atoms with Crippen LogP contribution in [0.25, 0.3) is 0 Å². The summed E-state index contributed by atoms with van der Waals surface area (Å²) in [5.74, 6) is 1.73. The summed E-state index contributed by atoms with van der Waals surface area (Å²) in [6.07, 6.45) is 8.91. The Morgan fingerprint density at radius 1 is 1.03 bits per heavy atom.